The third-order valence-electron chi connectivity index (χ3n) is 1.87. The van der Waals surface area contributed by atoms with Gasteiger partial charge in [-0.1, -0.05) is 11.2 Å². The summed E-state index contributed by atoms with van der Waals surface area (Å²) >= 11 is 5.64. The molecule has 0 aliphatic carbocycles. The first-order chi connectivity index (χ1) is 6.40. The molecule has 1 atom stereocenters. The van der Waals surface area contributed by atoms with E-state index in [2.05, 4.69) is 10.1 Å². The van der Waals surface area contributed by atoms with Crippen molar-refractivity contribution in [2.45, 2.75) is 12.5 Å². The maximum atomic E-state index is 5.64. The first-order valence-electron chi connectivity index (χ1n) is 4.10. The molecule has 0 spiro atoms. The Morgan fingerprint density at radius 1 is 1.54 bits per heavy atom. The summed E-state index contributed by atoms with van der Waals surface area (Å²) in [5.74, 6) is 0.472. The molecule has 0 bridgehead atoms. The minimum Gasteiger partial charge on any atom is -0.391 e. The van der Waals surface area contributed by atoms with Gasteiger partial charge in [0.2, 0.25) is 0 Å². The van der Waals surface area contributed by atoms with Crippen LogP contribution in [0.5, 0.6) is 0 Å². The molecule has 3 nitrogen and oxygen atoms in total. The Morgan fingerprint density at radius 3 is 3.08 bits per heavy atom. The fourth-order valence-corrected chi connectivity index (χ4v) is 1.36. The van der Waals surface area contributed by atoms with E-state index in [-0.39, 0.29) is 6.10 Å². The highest BCUT2D eigenvalue weighted by Gasteiger charge is 2.21. The van der Waals surface area contributed by atoms with Crippen LogP contribution in [0, 0.1) is 0 Å². The molecule has 13 heavy (non-hydrogen) atoms. The Balaban J connectivity index is 2.12. The molecule has 2 heterocycles. The number of hydrogen-bond acceptors (Lipinski definition) is 3. The lowest BCUT2D eigenvalue weighted by Crippen LogP contribution is -2.10. The SMILES string of the molecule is ClC[C@H]1CC(c2ccccn2)=NO1. The molecular weight excluding hydrogens is 188 g/mol. The van der Waals surface area contributed by atoms with Crippen molar-refractivity contribution in [2.75, 3.05) is 5.88 Å². The number of alkyl halides is 1. The lowest BCUT2D eigenvalue weighted by Gasteiger charge is -2.00. The van der Waals surface area contributed by atoms with Gasteiger partial charge in [-0.25, -0.2) is 0 Å². The maximum Gasteiger partial charge on any atom is 0.146 e. The molecule has 1 aromatic rings. The molecule has 2 rings (SSSR count). The third kappa shape index (κ3) is 1.80. The van der Waals surface area contributed by atoms with E-state index < -0.39 is 0 Å². The van der Waals surface area contributed by atoms with Crippen molar-refractivity contribution in [1.82, 2.24) is 4.98 Å². The van der Waals surface area contributed by atoms with Crippen LogP contribution in [0.1, 0.15) is 12.1 Å². The normalized spacial score (nSPS) is 21.0. The van der Waals surface area contributed by atoms with Crippen LogP contribution >= 0.6 is 11.6 Å². The molecule has 1 aromatic heterocycles. The van der Waals surface area contributed by atoms with E-state index in [0.29, 0.717) is 5.88 Å². The van der Waals surface area contributed by atoms with Crippen molar-refractivity contribution in [3.63, 3.8) is 0 Å². The Kier molecular flexibility index (Phi) is 2.45. The number of halogens is 1. The number of nitrogens with zero attached hydrogens (tertiary/aromatic N) is 2. The van der Waals surface area contributed by atoms with Gasteiger partial charge in [0.05, 0.1) is 11.6 Å². The van der Waals surface area contributed by atoms with Gasteiger partial charge in [-0.2, -0.15) is 0 Å². The van der Waals surface area contributed by atoms with E-state index in [0.717, 1.165) is 17.8 Å². The summed E-state index contributed by atoms with van der Waals surface area (Å²) in [4.78, 5) is 9.26. The van der Waals surface area contributed by atoms with Crippen molar-refractivity contribution < 1.29 is 4.84 Å². The van der Waals surface area contributed by atoms with Gasteiger partial charge < -0.3 is 4.84 Å². The zero-order valence-electron chi connectivity index (χ0n) is 6.98. The molecule has 0 aromatic carbocycles. The molecule has 0 fully saturated rings. The second-order valence-electron chi connectivity index (χ2n) is 2.84. The summed E-state index contributed by atoms with van der Waals surface area (Å²) in [6.45, 7) is 0. The molecular formula is C9H9ClN2O. The lowest BCUT2D eigenvalue weighted by molar-refractivity contribution is 0.102. The molecule has 0 radical (unpaired) electrons. The van der Waals surface area contributed by atoms with Gasteiger partial charge >= 0.3 is 0 Å². The van der Waals surface area contributed by atoms with E-state index in [9.17, 15) is 0 Å². The average molecular weight is 197 g/mol. The Morgan fingerprint density at radius 2 is 2.46 bits per heavy atom. The smallest absolute Gasteiger partial charge is 0.146 e. The Labute approximate surface area is 81.4 Å². The number of hydrogen-bond donors (Lipinski definition) is 0. The van der Waals surface area contributed by atoms with Crippen molar-refractivity contribution in [3.8, 4) is 0 Å². The van der Waals surface area contributed by atoms with Crippen LogP contribution in [0.4, 0.5) is 0 Å². The summed E-state index contributed by atoms with van der Waals surface area (Å²) in [6.07, 6.45) is 2.51. The van der Waals surface area contributed by atoms with Crippen LogP contribution in [0.15, 0.2) is 29.6 Å². The van der Waals surface area contributed by atoms with Gasteiger partial charge in [0.1, 0.15) is 11.8 Å². The summed E-state index contributed by atoms with van der Waals surface area (Å²) in [5.41, 5.74) is 1.75. The molecule has 0 N–H and O–H groups in total. The maximum absolute atomic E-state index is 5.64. The van der Waals surface area contributed by atoms with Crippen LogP contribution in [0.2, 0.25) is 0 Å². The van der Waals surface area contributed by atoms with Crippen LogP contribution in [-0.2, 0) is 4.84 Å². The first kappa shape index (κ1) is 8.51. The van der Waals surface area contributed by atoms with E-state index in [4.69, 9.17) is 16.4 Å². The van der Waals surface area contributed by atoms with E-state index >= 15 is 0 Å². The molecule has 0 saturated carbocycles. The molecule has 0 amide bonds. The van der Waals surface area contributed by atoms with Gasteiger partial charge in [-0.3, -0.25) is 4.98 Å². The fraction of sp³-hybridized carbons (Fsp3) is 0.333. The van der Waals surface area contributed by atoms with E-state index in [1.54, 1.807) is 6.20 Å². The zero-order chi connectivity index (χ0) is 9.10. The van der Waals surface area contributed by atoms with Gasteiger partial charge in [-0.15, -0.1) is 11.6 Å². The number of oxime groups is 1. The van der Waals surface area contributed by atoms with Crippen LogP contribution < -0.4 is 0 Å². The largest absolute Gasteiger partial charge is 0.391 e. The number of rotatable bonds is 2. The quantitative estimate of drug-likeness (QED) is 0.677. The number of pyridine rings is 1. The highest BCUT2D eigenvalue weighted by atomic mass is 35.5. The van der Waals surface area contributed by atoms with Crippen molar-refractivity contribution in [1.29, 1.82) is 0 Å². The monoisotopic (exact) mass is 196 g/mol. The zero-order valence-corrected chi connectivity index (χ0v) is 7.74. The van der Waals surface area contributed by atoms with Gasteiger partial charge in [0.15, 0.2) is 0 Å². The number of aromatic nitrogens is 1. The second-order valence-corrected chi connectivity index (χ2v) is 3.15. The standard InChI is InChI=1S/C9H9ClN2O/c10-6-7-5-9(12-13-7)8-3-1-2-4-11-8/h1-4,7H,5-6H2/t7-/m1/s1. The summed E-state index contributed by atoms with van der Waals surface area (Å²) in [5, 5.41) is 3.93. The van der Waals surface area contributed by atoms with Crippen molar-refractivity contribution in [2.24, 2.45) is 5.16 Å². The molecule has 1 aliphatic heterocycles. The minimum atomic E-state index is 0.0127. The third-order valence-corrected chi connectivity index (χ3v) is 2.21. The first-order valence-corrected chi connectivity index (χ1v) is 4.63. The van der Waals surface area contributed by atoms with E-state index in [1.165, 1.54) is 0 Å². The van der Waals surface area contributed by atoms with Crippen molar-refractivity contribution >= 4 is 17.3 Å². The van der Waals surface area contributed by atoms with Crippen LogP contribution in [0.3, 0.4) is 0 Å². The average Bonchev–Trinajstić information content (AvgIpc) is 2.67. The summed E-state index contributed by atoms with van der Waals surface area (Å²) < 4.78 is 0. The molecule has 0 saturated heterocycles. The topological polar surface area (TPSA) is 34.5 Å². The summed E-state index contributed by atoms with van der Waals surface area (Å²) in [6, 6.07) is 5.72. The summed E-state index contributed by atoms with van der Waals surface area (Å²) in [7, 11) is 0. The van der Waals surface area contributed by atoms with E-state index in [1.807, 2.05) is 18.2 Å². The minimum absolute atomic E-state index is 0.0127. The van der Waals surface area contributed by atoms with Gasteiger partial charge in [0, 0.05) is 12.6 Å². The van der Waals surface area contributed by atoms with Crippen LogP contribution in [-0.4, -0.2) is 22.7 Å². The van der Waals surface area contributed by atoms with Crippen LogP contribution in [0.25, 0.3) is 0 Å². The predicted octanol–water partition coefficient (Wildman–Crippen LogP) is 1.81. The molecule has 4 heteroatoms. The Bertz CT molecular complexity index is 313. The molecule has 0 unspecified atom stereocenters. The Hall–Kier alpha value is -1.09. The fourth-order valence-electron chi connectivity index (χ4n) is 1.20. The molecule has 1 aliphatic rings. The van der Waals surface area contributed by atoms with Gasteiger partial charge in [-0.05, 0) is 12.1 Å². The predicted molar refractivity (Wildman–Crippen MR) is 51.0 cm³/mol. The molecule has 68 valence electrons. The second kappa shape index (κ2) is 3.75. The highest BCUT2D eigenvalue weighted by Crippen LogP contribution is 2.15. The van der Waals surface area contributed by atoms with Gasteiger partial charge in [0.25, 0.3) is 0 Å². The highest BCUT2D eigenvalue weighted by molar-refractivity contribution is 6.18. The van der Waals surface area contributed by atoms with Crippen molar-refractivity contribution in [3.05, 3.63) is 30.1 Å². The lowest BCUT2D eigenvalue weighted by atomic mass is 10.1.